The molecule has 0 spiro atoms. The number of rotatable bonds is 5. The van der Waals surface area contributed by atoms with Crippen LogP contribution in [0.4, 0.5) is 5.82 Å². The number of imidazole rings is 1. The lowest BCUT2D eigenvalue weighted by Gasteiger charge is -2.35. The van der Waals surface area contributed by atoms with Gasteiger partial charge in [-0.1, -0.05) is 0 Å². The Kier molecular flexibility index (Phi) is 5.51. The van der Waals surface area contributed by atoms with Crippen molar-refractivity contribution in [3.63, 3.8) is 0 Å². The van der Waals surface area contributed by atoms with Gasteiger partial charge in [0.15, 0.2) is 11.6 Å². The zero-order valence-corrected chi connectivity index (χ0v) is 17.3. The molecule has 1 aromatic carbocycles. The minimum atomic E-state index is -0.0498. The van der Waals surface area contributed by atoms with Crippen molar-refractivity contribution in [1.29, 1.82) is 0 Å². The number of aromatic nitrogens is 4. The molecule has 4 rings (SSSR count). The molecular weight excluding hydrogens is 384 g/mol. The predicted molar refractivity (Wildman–Crippen MR) is 112 cm³/mol. The second kappa shape index (κ2) is 8.40. The van der Waals surface area contributed by atoms with Crippen molar-refractivity contribution in [1.82, 2.24) is 24.6 Å². The molecule has 0 unspecified atom stereocenters. The maximum absolute atomic E-state index is 13.0. The van der Waals surface area contributed by atoms with Crippen LogP contribution in [0.15, 0.2) is 42.7 Å². The van der Waals surface area contributed by atoms with Gasteiger partial charge in [-0.2, -0.15) is 0 Å². The molecule has 0 N–H and O–H groups in total. The fraction of sp³-hybridized carbons (Fsp3) is 0.333. The van der Waals surface area contributed by atoms with Crippen LogP contribution in [0.2, 0.25) is 0 Å². The Morgan fingerprint density at radius 2 is 1.70 bits per heavy atom. The van der Waals surface area contributed by atoms with Gasteiger partial charge in [0.05, 0.1) is 19.8 Å². The Morgan fingerprint density at radius 1 is 0.967 bits per heavy atom. The first-order chi connectivity index (χ1) is 14.6. The molecule has 1 saturated heterocycles. The topological polar surface area (TPSA) is 85.6 Å². The van der Waals surface area contributed by atoms with Gasteiger partial charge in [0, 0.05) is 44.6 Å². The minimum Gasteiger partial charge on any atom is -0.497 e. The van der Waals surface area contributed by atoms with Crippen molar-refractivity contribution in [2.45, 2.75) is 6.92 Å². The van der Waals surface area contributed by atoms with E-state index in [4.69, 9.17) is 9.47 Å². The number of methoxy groups -OCH3 is 2. The molecule has 0 atom stereocenters. The molecule has 1 aliphatic rings. The van der Waals surface area contributed by atoms with Crippen molar-refractivity contribution in [3.05, 3.63) is 54.1 Å². The van der Waals surface area contributed by atoms with Gasteiger partial charge < -0.3 is 19.3 Å². The molecule has 1 amide bonds. The molecule has 156 valence electrons. The molecule has 30 heavy (non-hydrogen) atoms. The van der Waals surface area contributed by atoms with E-state index in [1.54, 1.807) is 38.6 Å². The summed E-state index contributed by atoms with van der Waals surface area (Å²) in [6, 6.07) is 9.12. The standard InChI is InChI=1S/C21H24N6O3/c1-15-22-8-9-27(15)20-7-6-19(23-24-20)25-10-12-26(13-11-25)21(28)17-5-4-16(29-2)14-18(17)30-3/h4-9,14H,10-13H2,1-3H3. The van der Waals surface area contributed by atoms with Crippen molar-refractivity contribution in [2.75, 3.05) is 45.3 Å². The number of anilines is 1. The Hall–Kier alpha value is -3.62. The predicted octanol–water partition coefficient (Wildman–Crippen LogP) is 1.95. The molecule has 3 heterocycles. The maximum Gasteiger partial charge on any atom is 0.257 e. The van der Waals surface area contributed by atoms with Crippen LogP contribution in [0.1, 0.15) is 16.2 Å². The van der Waals surface area contributed by atoms with Crippen LogP contribution in [-0.4, -0.2) is 71.0 Å². The zero-order chi connectivity index (χ0) is 21.1. The Balaban J connectivity index is 1.41. The van der Waals surface area contributed by atoms with Gasteiger partial charge in [-0.3, -0.25) is 9.36 Å². The van der Waals surface area contributed by atoms with E-state index in [0.717, 1.165) is 17.5 Å². The third-order valence-electron chi connectivity index (χ3n) is 5.24. The number of piperazine rings is 1. The minimum absolute atomic E-state index is 0.0498. The smallest absolute Gasteiger partial charge is 0.257 e. The fourth-order valence-electron chi connectivity index (χ4n) is 3.52. The summed E-state index contributed by atoms with van der Waals surface area (Å²) in [6.45, 7) is 4.48. The first-order valence-corrected chi connectivity index (χ1v) is 9.71. The monoisotopic (exact) mass is 408 g/mol. The lowest BCUT2D eigenvalue weighted by atomic mass is 10.1. The van der Waals surface area contributed by atoms with E-state index >= 15 is 0 Å². The Morgan fingerprint density at radius 3 is 2.30 bits per heavy atom. The molecule has 2 aromatic heterocycles. The summed E-state index contributed by atoms with van der Waals surface area (Å²) in [7, 11) is 3.14. The molecule has 9 nitrogen and oxygen atoms in total. The third kappa shape index (κ3) is 3.78. The van der Waals surface area contributed by atoms with Gasteiger partial charge >= 0.3 is 0 Å². The number of benzene rings is 1. The number of carbonyl (C=O) groups is 1. The molecule has 0 saturated carbocycles. The summed E-state index contributed by atoms with van der Waals surface area (Å²) in [5, 5.41) is 8.68. The molecule has 0 bridgehead atoms. The second-order valence-corrected chi connectivity index (χ2v) is 6.94. The molecule has 9 heteroatoms. The highest BCUT2D eigenvalue weighted by Crippen LogP contribution is 2.26. The van der Waals surface area contributed by atoms with Gasteiger partial charge in [0.25, 0.3) is 5.91 Å². The van der Waals surface area contributed by atoms with Crippen molar-refractivity contribution >= 4 is 11.7 Å². The van der Waals surface area contributed by atoms with Gasteiger partial charge in [-0.25, -0.2) is 4.98 Å². The van der Waals surface area contributed by atoms with E-state index in [1.807, 2.05) is 34.7 Å². The highest BCUT2D eigenvalue weighted by molar-refractivity contribution is 5.97. The number of nitrogens with zero attached hydrogens (tertiary/aromatic N) is 6. The Bertz CT molecular complexity index is 1030. The lowest BCUT2D eigenvalue weighted by molar-refractivity contribution is 0.0743. The van der Waals surface area contributed by atoms with Gasteiger partial charge in [0.1, 0.15) is 17.3 Å². The van der Waals surface area contributed by atoms with Gasteiger partial charge in [-0.05, 0) is 31.2 Å². The van der Waals surface area contributed by atoms with Crippen molar-refractivity contribution < 1.29 is 14.3 Å². The average Bonchev–Trinajstić information content (AvgIpc) is 3.24. The van der Waals surface area contributed by atoms with Crippen LogP contribution in [0.25, 0.3) is 5.82 Å². The van der Waals surface area contributed by atoms with Gasteiger partial charge in [-0.15, -0.1) is 10.2 Å². The summed E-state index contributed by atoms with van der Waals surface area (Å²) < 4.78 is 12.5. The first-order valence-electron chi connectivity index (χ1n) is 9.71. The fourth-order valence-corrected chi connectivity index (χ4v) is 3.52. The maximum atomic E-state index is 13.0. The number of carbonyl (C=O) groups excluding carboxylic acids is 1. The number of hydrogen-bond donors (Lipinski definition) is 0. The Labute approximate surface area is 174 Å². The van der Waals surface area contributed by atoms with E-state index in [-0.39, 0.29) is 5.91 Å². The molecule has 1 fully saturated rings. The largest absolute Gasteiger partial charge is 0.497 e. The highest BCUT2D eigenvalue weighted by atomic mass is 16.5. The third-order valence-corrected chi connectivity index (χ3v) is 5.24. The SMILES string of the molecule is COc1ccc(C(=O)N2CCN(c3ccc(-n4ccnc4C)nn3)CC2)c(OC)c1. The van der Waals surface area contributed by atoms with E-state index < -0.39 is 0 Å². The van der Waals surface area contributed by atoms with Crippen LogP contribution in [0.3, 0.4) is 0 Å². The lowest BCUT2D eigenvalue weighted by Crippen LogP contribution is -2.49. The summed E-state index contributed by atoms with van der Waals surface area (Å²) in [6.07, 6.45) is 3.59. The molecule has 0 radical (unpaired) electrons. The second-order valence-electron chi connectivity index (χ2n) is 6.94. The van der Waals surface area contributed by atoms with E-state index in [2.05, 4.69) is 20.1 Å². The zero-order valence-electron chi connectivity index (χ0n) is 17.3. The number of amides is 1. The molecule has 0 aliphatic carbocycles. The van der Waals surface area contributed by atoms with Crippen LogP contribution in [0.5, 0.6) is 11.5 Å². The summed E-state index contributed by atoms with van der Waals surface area (Å²) >= 11 is 0. The van der Waals surface area contributed by atoms with Crippen LogP contribution >= 0.6 is 0 Å². The molecule has 3 aromatic rings. The average molecular weight is 408 g/mol. The van der Waals surface area contributed by atoms with E-state index in [0.29, 0.717) is 43.2 Å². The number of hydrogen-bond acceptors (Lipinski definition) is 7. The van der Waals surface area contributed by atoms with Crippen molar-refractivity contribution in [3.8, 4) is 17.3 Å². The molecular formula is C21H24N6O3. The van der Waals surface area contributed by atoms with E-state index in [1.165, 1.54) is 0 Å². The van der Waals surface area contributed by atoms with Crippen LogP contribution in [-0.2, 0) is 0 Å². The summed E-state index contributed by atoms with van der Waals surface area (Å²) in [5.74, 6) is 3.50. The van der Waals surface area contributed by atoms with Crippen LogP contribution < -0.4 is 14.4 Å². The number of aryl methyl sites for hydroxylation is 1. The quantitative estimate of drug-likeness (QED) is 0.638. The summed E-state index contributed by atoms with van der Waals surface area (Å²) in [5.41, 5.74) is 0.534. The van der Waals surface area contributed by atoms with Crippen molar-refractivity contribution in [2.24, 2.45) is 0 Å². The summed E-state index contributed by atoms with van der Waals surface area (Å²) in [4.78, 5) is 21.2. The molecule has 1 aliphatic heterocycles. The highest BCUT2D eigenvalue weighted by Gasteiger charge is 2.25. The van der Waals surface area contributed by atoms with E-state index in [9.17, 15) is 4.79 Å². The first kappa shape index (κ1) is 19.7. The van der Waals surface area contributed by atoms with Gasteiger partial charge in [0.2, 0.25) is 0 Å². The number of ether oxygens (including phenoxy) is 2. The van der Waals surface area contributed by atoms with Crippen LogP contribution in [0, 0.1) is 6.92 Å². The normalized spacial score (nSPS) is 14.0.